The highest BCUT2D eigenvalue weighted by atomic mass is 16.1. The van der Waals surface area contributed by atoms with Gasteiger partial charge < -0.3 is 5.32 Å². The van der Waals surface area contributed by atoms with Crippen molar-refractivity contribution in [1.29, 1.82) is 0 Å². The molecule has 0 fully saturated rings. The van der Waals surface area contributed by atoms with Crippen LogP contribution in [-0.4, -0.2) is 10.9 Å². The molecule has 3 rings (SSSR count). The Labute approximate surface area is 119 Å². The summed E-state index contributed by atoms with van der Waals surface area (Å²) in [6.07, 6.45) is 8.24. The lowest BCUT2D eigenvalue weighted by molar-refractivity contribution is 0.0950. The van der Waals surface area contributed by atoms with Crippen molar-refractivity contribution in [2.75, 3.05) is 0 Å². The number of benzene rings is 1. The minimum Gasteiger partial charge on any atom is -0.348 e. The molecule has 1 aromatic heterocycles. The van der Waals surface area contributed by atoms with Crippen molar-refractivity contribution in [2.24, 2.45) is 0 Å². The van der Waals surface area contributed by atoms with Gasteiger partial charge in [-0.15, -0.1) is 0 Å². The number of aromatic nitrogens is 1. The number of amides is 1. The normalized spacial score (nSPS) is 13.6. The average molecular weight is 266 g/mol. The molecule has 1 N–H and O–H groups in total. The molecule has 0 atom stereocenters. The van der Waals surface area contributed by atoms with Crippen LogP contribution < -0.4 is 5.32 Å². The number of pyridine rings is 1. The zero-order chi connectivity index (χ0) is 13.8. The number of rotatable bonds is 3. The highest BCUT2D eigenvalue weighted by Gasteiger charge is 2.12. The molecular weight excluding hydrogens is 248 g/mol. The van der Waals surface area contributed by atoms with Crippen molar-refractivity contribution in [1.82, 2.24) is 10.3 Å². The van der Waals surface area contributed by atoms with Gasteiger partial charge in [0.25, 0.3) is 5.91 Å². The van der Waals surface area contributed by atoms with Crippen LogP contribution in [0.1, 0.15) is 39.9 Å². The molecule has 0 spiro atoms. The fourth-order valence-corrected chi connectivity index (χ4v) is 2.66. The highest BCUT2D eigenvalue weighted by molar-refractivity contribution is 5.94. The monoisotopic (exact) mass is 266 g/mol. The Balaban J connectivity index is 1.68. The van der Waals surface area contributed by atoms with E-state index in [1.54, 1.807) is 12.4 Å². The van der Waals surface area contributed by atoms with Crippen LogP contribution in [0, 0.1) is 0 Å². The molecule has 2 aromatic rings. The van der Waals surface area contributed by atoms with Crippen LogP contribution in [0.2, 0.25) is 0 Å². The summed E-state index contributed by atoms with van der Waals surface area (Å²) in [5.41, 5.74) is 4.51. The Morgan fingerprint density at radius 1 is 1.15 bits per heavy atom. The predicted octanol–water partition coefficient (Wildman–Crippen LogP) is 2.89. The first kappa shape index (κ1) is 12.9. The Morgan fingerprint density at radius 3 is 2.80 bits per heavy atom. The van der Waals surface area contributed by atoms with Crippen LogP contribution in [0.4, 0.5) is 0 Å². The molecule has 0 radical (unpaired) electrons. The molecule has 0 bridgehead atoms. The lowest BCUT2D eigenvalue weighted by Crippen LogP contribution is -2.23. The molecule has 0 saturated carbocycles. The third-order valence-electron chi connectivity index (χ3n) is 3.79. The number of nitrogens with one attached hydrogen (secondary N) is 1. The quantitative estimate of drug-likeness (QED) is 0.928. The van der Waals surface area contributed by atoms with E-state index in [9.17, 15) is 4.79 Å². The smallest absolute Gasteiger partial charge is 0.251 e. The molecule has 3 heteroatoms. The lowest BCUT2D eigenvalue weighted by atomic mass is 9.90. The first-order valence-corrected chi connectivity index (χ1v) is 7.12. The second-order valence-electron chi connectivity index (χ2n) is 5.23. The number of nitrogens with zero attached hydrogens (tertiary/aromatic N) is 1. The van der Waals surface area contributed by atoms with Gasteiger partial charge in [-0.05, 0) is 60.6 Å². The number of hydrogen-bond acceptors (Lipinski definition) is 2. The van der Waals surface area contributed by atoms with Gasteiger partial charge in [-0.3, -0.25) is 9.78 Å². The summed E-state index contributed by atoms with van der Waals surface area (Å²) in [5.74, 6) is -0.0118. The maximum absolute atomic E-state index is 12.2. The molecule has 0 unspecified atom stereocenters. The van der Waals surface area contributed by atoms with Crippen LogP contribution >= 0.6 is 0 Å². The molecule has 0 aliphatic heterocycles. The van der Waals surface area contributed by atoms with E-state index in [0.717, 1.165) is 24.0 Å². The van der Waals surface area contributed by atoms with Gasteiger partial charge in [-0.25, -0.2) is 0 Å². The number of fused-ring (bicyclic) bond motifs is 1. The minimum absolute atomic E-state index is 0.0118. The Kier molecular flexibility index (Phi) is 3.77. The summed E-state index contributed by atoms with van der Waals surface area (Å²) in [6, 6.07) is 9.92. The molecule has 1 heterocycles. The van der Waals surface area contributed by atoms with E-state index in [1.807, 2.05) is 24.3 Å². The molecule has 1 aliphatic carbocycles. The fraction of sp³-hybridized carbons (Fsp3) is 0.294. The lowest BCUT2D eigenvalue weighted by Gasteiger charge is -2.16. The van der Waals surface area contributed by atoms with Gasteiger partial charge in [-0.1, -0.05) is 12.1 Å². The second kappa shape index (κ2) is 5.87. The SMILES string of the molecule is O=C(NCc1cccnc1)c1ccc2c(c1)CCCC2. The van der Waals surface area contributed by atoms with Gasteiger partial charge in [-0.2, -0.15) is 0 Å². The third-order valence-corrected chi connectivity index (χ3v) is 3.79. The van der Waals surface area contributed by atoms with Crippen molar-refractivity contribution >= 4 is 5.91 Å². The first-order chi connectivity index (χ1) is 9.83. The van der Waals surface area contributed by atoms with E-state index in [2.05, 4.69) is 16.4 Å². The van der Waals surface area contributed by atoms with Gasteiger partial charge in [0, 0.05) is 24.5 Å². The summed E-state index contributed by atoms with van der Waals surface area (Å²) in [4.78, 5) is 16.2. The van der Waals surface area contributed by atoms with Gasteiger partial charge >= 0.3 is 0 Å². The van der Waals surface area contributed by atoms with Gasteiger partial charge in [0.05, 0.1) is 0 Å². The van der Waals surface area contributed by atoms with Crippen molar-refractivity contribution in [3.05, 3.63) is 65.0 Å². The standard InChI is InChI=1S/C17H18N2O/c20-17(19-12-13-4-3-9-18-11-13)16-8-7-14-5-1-2-6-15(14)10-16/h3-4,7-11H,1-2,5-6,12H2,(H,19,20). The molecule has 1 amide bonds. The predicted molar refractivity (Wildman–Crippen MR) is 78.5 cm³/mol. The van der Waals surface area contributed by atoms with Crippen LogP contribution in [-0.2, 0) is 19.4 Å². The van der Waals surface area contributed by atoms with Crippen molar-refractivity contribution in [2.45, 2.75) is 32.2 Å². The average Bonchev–Trinajstić information content (AvgIpc) is 2.53. The molecular formula is C17H18N2O. The van der Waals surface area contributed by atoms with E-state index in [-0.39, 0.29) is 5.91 Å². The van der Waals surface area contributed by atoms with E-state index < -0.39 is 0 Å². The van der Waals surface area contributed by atoms with E-state index in [4.69, 9.17) is 0 Å². The minimum atomic E-state index is -0.0118. The summed E-state index contributed by atoms with van der Waals surface area (Å²) in [5, 5.41) is 2.94. The first-order valence-electron chi connectivity index (χ1n) is 7.12. The highest BCUT2D eigenvalue weighted by Crippen LogP contribution is 2.22. The fourth-order valence-electron chi connectivity index (χ4n) is 2.66. The summed E-state index contributed by atoms with van der Waals surface area (Å²) < 4.78 is 0. The van der Waals surface area contributed by atoms with Gasteiger partial charge in [0.15, 0.2) is 0 Å². The van der Waals surface area contributed by atoms with Crippen molar-refractivity contribution in [3.8, 4) is 0 Å². The van der Waals surface area contributed by atoms with E-state index in [1.165, 1.54) is 24.0 Å². The molecule has 3 nitrogen and oxygen atoms in total. The van der Waals surface area contributed by atoms with Crippen molar-refractivity contribution in [3.63, 3.8) is 0 Å². The van der Waals surface area contributed by atoms with Crippen LogP contribution in [0.3, 0.4) is 0 Å². The van der Waals surface area contributed by atoms with E-state index >= 15 is 0 Å². The Bertz CT molecular complexity index is 608. The van der Waals surface area contributed by atoms with Gasteiger partial charge in [0.2, 0.25) is 0 Å². The van der Waals surface area contributed by atoms with Crippen LogP contribution in [0.15, 0.2) is 42.7 Å². The molecule has 1 aliphatic rings. The molecule has 1 aromatic carbocycles. The van der Waals surface area contributed by atoms with Crippen LogP contribution in [0.25, 0.3) is 0 Å². The number of carbonyl (C=O) groups is 1. The molecule has 20 heavy (non-hydrogen) atoms. The summed E-state index contributed by atoms with van der Waals surface area (Å²) in [6.45, 7) is 0.518. The van der Waals surface area contributed by atoms with Crippen molar-refractivity contribution < 1.29 is 4.79 Å². The third kappa shape index (κ3) is 2.87. The molecule has 0 saturated heterocycles. The topological polar surface area (TPSA) is 42.0 Å². The largest absolute Gasteiger partial charge is 0.348 e. The van der Waals surface area contributed by atoms with E-state index in [0.29, 0.717) is 6.54 Å². The zero-order valence-electron chi connectivity index (χ0n) is 11.4. The second-order valence-corrected chi connectivity index (χ2v) is 5.23. The zero-order valence-corrected chi connectivity index (χ0v) is 11.4. The van der Waals surface area contributed by atoms with Crippen LogP contribution in [0.5, 0.6) is 0 Å². The molecule has 102 valence electrons. The maximum Gasteiger partial charge on any atom is 0.251 e. The maximum atomic E-state index is 12.2. The number of carbonyl (C=O) groups excluding carboxylic acids is 1. The number of aryl methyl sites for hydroxylation is 2. The number of hydrogen-bond donors (Lipinski definition) is 1. The Hall–Kier alpha value is -2.16. The van der Waals surface area contributed by atoms with Gasteiger partial charge in [0.1, 0.15) is 0 Å². The summed E-state index contributed by atoms with van der Waals surface area (Å²) in [7, 11) is 0. The Morgan fingerprint density at radius 2 is 2.00 bits per heavy atom. The summed E-state index contributed by atoms with van der Waals surface area (Å²) >= 11 is 0.